The van der Waals surface area contributed by atoms with Crippen LogP contribution in [0.5, 0.6) is 0 Å². The summed E-state index contributed by atoms with van der Waals surface area (Å²) < 4.78 is 18.0. The van der Waals surface area contributed by atoms with E-state index in [-0.39, 0.29) is 23.8 Å². The molecule has 0 N–H and O–H groups in total. The van der Waals surface area contributed by atoms with Gasteiger partial charge in [-0.1, -0.05) is 188 Å². The minimum Gasteiger partial charge on any atom is -0.462 e. The third kappa shape index (κ3) is 36.3. The fraction of sp³-hybridized carbons (Fsp3) is 0.868. The lowest BCUT2D eigenvalue weighted by Crippen LogP contribution is -2.40. The van der Waals surface area contributed by atoms with Crippen LogP contribution in [-0.4, -0.2) is 36.2 Å². The van der Waals surface area contributed by atoms with Gasteiger partial charge < -0.3 is 14.2 Å². The Labute approximate surface area is 366 Å². The van der Waals surface area contributed by atoms with Crippen LogP contribution in [-0.2, 0) is 28.6 Å². The van der Waals surface area contributed by atoms with Crippen molar-refractivity contribution in [1.29, 1.82) is 0 Å². The molecule has 0 saturated heterocycles. The van der Waals surface area contributed by atoms with Crippen LogP contribution in [0.1, 0.15) is 273 Å². The fourth-order valence-corrected chi connectivity index (χ4v) is 8.07. The number of allylic oxidation sites excluding steroid dienone is 4. The molecule has 3 atom stereocenters. The minimum absolute atomic E-state index is 0.110. The molecule has 0 radical (unpaired) electrons. The Morgan fingerprint density at radius 1 is 0.407 bits per heavy atom. The van der Waals surface area contributed by atoms with Crippen molar-refractivity contribution in [2.24, 2.45) is 5.92 Å². The molecule has 0 aromatic carbocycles. The van der Waals surface area contributed by atoms with Gasteiger partial charge in [-0.05, 0) is 77.0 Å². The Hall–Kier alpha value is -2.11. The van der Waals surface area contributed by atoms with Gasteiger partial charge in [-0.25, -0.2) is 0 Å². The SMILES string of the molecule is CC.CCCCCCCC/C=C\CCCCCCCC(=O)OC1CC(OC(=O)CCCCCCC/C=C\CCCCCCCC)CC(OC(=O)C(CCC)CCCC)C1. The molecule has 0 amide bonds. The highest BCUT2D eigenvalue weighted by Crippen LogP contribution is 2.29. The molecule has 346 valence electrons. The Morgan fingerprint density at radius 3 is 1.08 bits per heavy atom. The van der Waals surface area contributed by atoms with Crippen LogP contribution in [0.15, 0.2) is 24.3 Å². The number of hydrogen-bond donors (Lipinski definition) is 0. The zero-order valence-corrected chi connectivity index (χ0v) is 40.0. The number of rotatable bonds is 39. The van der Waals surface area contributed by atoms with E-state index in [4.69, 9.17) is 14.2 Å². The molecule has 0 aromatic heterocycles. The lowest BCUT2D eigenvalue weighted by Gasteiger charge is -2.34. The first-order valence-corrected chi connectivity index (χ1v) is 25.8. The smallest absolute Gasteiger partial charge is 0.309 e. The summed E-state index contributed by atoms with van der Waals surface area (Å²) in [5, 5.41) is 0. The molecule has 6 nitrogen and oxygen atoms in total. The molecule has 0 aromatic rings. The Bertz CT molecular complexity index is 942. The van der Waals surface area contributed by atoms with E-state index in [2.05, 4.69) is 52.0 Å². The molecule has 59 heavy (non-hydrogen) atoms. The Balaban J connectivity index is 0.0000165. The number of carbonyl (C=O) groups excluding carboxylic acids is 3. The molecule has 3 unspecified atom stereocenters. The zero-order chi connectivity index (χ0) is 43.4. The van der Waals surface area contributed by atoms with E-state index in [1.54, 1.807) is 0 Å². The number of esters is 3. The molecule has 0 aliphatic heterocycles. The highest BCUT2D eigenvalue weighted by molar-refractivity contribution is 5.73. The monoisotopic (exact) mass is 831 g/mol. The summed E-state index contributed by atoms with van der Waals surface area (Å²) in [6, 6.07) is 0. The number of unbranched alkanes of at least 4 members (excludes halogenated alkanes) is 23. The summed E-state index contributed by atoms with van der Waals surface area (Å²) in [4.78, 5) is 39.1. The van der Waals surface area contributed by atoms with Gasteiger partial charge in [0.1, 0.15) is 18.3 Å². The summed E-state index contributed by atoms with van der Waals surface area (Å²) in [6.07, 6.45) is 46.6. The van der Waals surface area contributed by atoms with E-state index in [1.807, 2.05) is 13.8 Å². The molecular formula is C53H98O6. The van der Waals surface area contributed by atoms with Crippen LogP contribution in [0, 0.1) is 5.92 Å². The van der Waals surface area contributed by atoms with Gasteiger partial charge in [-0.3, -0.25) is 14.4 Å². The second-order valence-electron chi connectivity index (χ2n) is 17.3. The van der Waals surface area contributed by atoms with Gasteiger partial charge in [0.25, 0.3) is 0 Å². The average Bonchev–Trinajstić information content (AvgIpc) is 3.22. The molecule has 0 spiro atoms. The minimum atomic E-state index is -0.414. The summed E-state index contributed by atoms with van der Waals surface area (Å²) in [5.74, 6) is -0.667. The molecule has 1 rings (SSSR count). The molecule has 1 aliphatic carbocycles. The van der Waals surface area contributed by atoms with Crippen molar-refractivity contribution >= 4 is 17.9 Å². The summed E-state index contributed by atoms with van der Waals surface area (Å²) in [5.41, 5.74) is 0. The van der Waals surface area contributed by atoms with Crippen LogP contribution in [0.4, 0.5) is 0 Å². The van der Waals surface area contributed by atoms with Gasteiger partial charge in [-0.2, -0.15) is 0 Å². The van der Waals surface area contributed by atoms with Crippen LogP contribution in [0.25, 0.3) is 0 Å². The van der Waals surface area contributed by atoms with Crippen molar-refractivity contribution in [3.63, 3.8) is 0 Å². The third-order valence-electron chi connectivity index (χ3n) is 11.6. The number of hydrogen-bond acceptors (Lipinski definition) is 6. The second kappa shape index (κ2) is 44.0. The first kappa shape index (κ1) is 56.9. The number of ether oxygens (including phenoxy) is 3. The van der Waals surface area contributed by atoms with Gasteiger partial charge in [0.05, 0.1) is 5.92 Å². The highest BCUT2D eigenvalue weighted by Gasteiger charge is 2.36. The predicted molar refractivity (Wildman–Crippen MR) is 252 cm³/mol. The average molecular weight is 831 g/mol. The van der Waals surface area contributed by atoms with Crippen LogP contribution in [0.3, 0.4) is 0 Å². The van der Waals surface area contributed by atoms with Crippen LogP contribution < -0.4 is 0 Å². The lowest BCUT2D eigenvalue weighted by atomic mass is 9.91. The van der Waals surface area contributed by atoms with Crippen molar-refractivity contribution in [3.05, 3.63) is 24.3 Å². The molecule has 1 fully saturated rings. The van der Waals surface area contributed by atoms with Crippen LogP contribution >= 0.6 is 0 Å². The second-order valence-corrected chi connectivity index (χ2v) is 17.3. The van der Waals surface area contributed by atoms with E-state index in [0.717, 1.165) is 83.5 Å². The van der Waals surface area contributed by atoms with E-state index >= 15 is 0 Å². The summed E-state index contributed by atoms with van der Waals surface area (Å²) >= 11 is 0. The normalized spacial score (nSPS) is 17.2. The van der Waals surface area contributed by atoms with Crippen LogP contribution in [0.2, 0.25) is 0 Å². The maximum absolute atomic E-state index is 13.3. The Morgan fingerprint density at radius 2 is 0.729 bits per heavy atom. The van der Waals surface area contributed by atoms with E-state index in [9.17, 15) is 14.4 Å². The third-order valence-corrected chi connectivity index (χ3v) is 11.6. The summed E-state index contributed by atoms with van der Waals surface area (Å²) in [7, 11) is 0. The standard InChI is InChI=1S/C51H92O6.C2H6/c1-5-9-12-14-16-18-20-22-24-26-28-30-32-34-36-40-49(52)55-46-42-47(44-48(43-46)57-51(54)45(38-8-4)39-11-7-3)56-50(53)41-37-35-33-31-29-27-25-23-21-19-17-15-13-10-6-2;1-2/h22-25,45-48H,5-21,26-44H2,1-4H3;1-2H3/b24-22-,25-23-;. The van der Waals surface area contributed by atoms with E-state index < -0.39 is 18.3 Å². The molecule has 0 bridgehead atoms. The topological polar surface area (TPSA) is 78.9 Å². The van der Waals surface area contributed by atoms with Gasteiger partial charge in [0.15, 0.2) is 0 Å². The van der Waals surface area contributed by atoms with Crippen molar-refractivity contribution in [3.8, 4) is 0 Å². The Kier molecular flexibility index (Phi) is 42.4. The highest BCUT2D eigenvalue weighted by atomic mass is 16.6. The van der Waals surface area contributed by atoms with E-state index in [1.165, 1.54) is 116 Å². The summed E-state index contributed by atoms with van der Waals surface area (Å²) in [6.45, 7) is 12.8. The van der Waals surface area contributed by atoms with Crippen molar-refractivity contribution in [2.75, 3.05) is 0 Å². The molecule has 6 heteroatoms. The van der Waals surface area contributed by atoms with Crippen molar-refractivity contribution < 1.29 is 28.6 Å². The van der Waals surface area contributed by atoms with Gasteiger partial charge in [-0.15, -0.1) is 0 Å². The molecule has 1 saturated carbocycles. The first-order chi connectivity index (χ1) is 28.9. The van der Waals surface area contributed by atoms with Gasteiger partial charge in [0, 0.05) is 32.1 Å². The lowest BCUT2D eigenvalue weighted by molar-refractivity contribution is -0.172. The largest absolute Gasteiger partial charge is 0.462 e. The zero-order valence-electron chi connectivity index (χ0n) is 40.0. The van der Waals surface area contributed by atoms with Crippen molar-refractivity contribution in [2.45, 2.75) is 291 Å². The van der Waals surface area contributed by atoms with E-state index in [0.29, 0.717) is 32.1 Å². The maximum atomic E-state index is 13.3. The van der Waals surface area contributed by atoms with Crippen molar-refractivity contribution in [1.82, 2.24) is 0 Å². The fourth-order valence-electron chi connectivity index (χ4n) is 8.07. The molecule has 0 heterocycles. The molecular weight excluding hydrogens is 733 g/mol. The van der Waals surface area contributed by atoms with Gasteiger partial charge >= 0.3 is 17.9 Å². The quantitative estimate of drug-likeness (QED) is 0.0266. The van der Waals surface area contributed by atoms with Gasteiger partial charge in [0.2, 0.25) is 0 Å². The first-order valence-electron chi connectivity index (χ1n) is 25.8. The predicted octanol–water partition coefficient (Wildman–Crippen LogP) is 16.6. The number of carbonyl (C=O) groups is 3. The molecule has 1 aliphatic rings. The maximum Gasteiger partial charge on any atom is 0.309 e.